The normalized spacial score (nSPS) is 18.1. The first-order valence-electron chi connectivity index (χ1n) is 5.34. The molecule has 1 aliphatic rings. The third-order valence-electron chi connectivity index (χ3n) is 1.58. The lowest BCUT2D eigenvalue weighted by atomic mass is 10.4. The monoisotopic (exact) mass is 216 g/mol. The summed E-state index contributed by atoms with van der Waals surface area (Å²) in [6, 6.07) is 0.924. The maximum Gasteiger partial charge on any atom is 0.282 e. The SMILES string of the molecule is [2H]C([2H])([2H])n1nc(C(F)F)cc1NC1=NN=C[N]1. The summed E-state index contributed by atoms with van der Waals surface area (Å²) in [6.07, 6.45) is -1.74. The van der Waals surface area contributed by atoms with E-state index in [-0.39, 0.29) is 11.8 Å². The van der Waals surface area contributed by atoms with Crippen molar-refractivity contribution in [2.75, 3.05) is 5.32 Å². The molecule has 0 bridgehead atoms. The molecule has 0 saturated carbocycles. The Morgan fingerprint density at radius 1 is 1.60 bits per heavy atom. The second-order valence-electron chi connectivity index (χ2n) is 2.58. The van der Waals surface area contributed by atoms with Crippen molar-refractivity contribution in [2.45, 2.75) is 6.43 Å². The zero-order valence-electron chi connectivity index (χ0n) is 10.2. The maximum atomic E-state index is 12.5. The smallest absolute Gasteiger partial charge is 0.282 e. The minimum absolute atomic E-state index is 0.00113. The van der Waals surface area contributed by atoms with Gasteiger partial charge in [-0.25, -0.2) is 8.78 Å². The molecule has 0 saturated heterocycles. The number of halogens is 2. The van der Waals surface area contributed by atoms with Gasteiger partial charge in [-0.1, -0.05) is 0 Å². The van der Waals surface area contributed by atoms with Gasteiger partial charge in [0.25, 0.3) is 6.43 Å². The van der Waals surface area contributed by atoms with E-state index in [0.29, 0.717) is 4.68 Å². The van der Waals surface area contributed by atoms with Crippen molar-refractivity contribution in [3.8, 4) is 0 Å². The first-order chi connectivity index (χ1) is 8.38. The number of anilines is 1. The predicted octanol–water partition coefficient (Wildman–Crippen LogP) is 0.687. The molecule has 0 unspecified atom stereocenters. The molecule has 0 fully saturated rings. The first kappa shape index (κ1) is 6.49. The molecule has 0 atom stereocenters. The second-order valence-corrected chi connectivity index (χ2v) is 2.58. The van der Waals surface area contributed by atoms with Crippen LogP contribution in [-0.2, 0) is 6.98 Å². The molecule has 1 aromatic rings. The molecule has 79 valence electrons. The van der Waals surface area contributed by atoms with Gasteiger partial charge in [-0.15, -0.1) is 10.2 Å². The number of alkyl halides is 2. The predicted molar refractivity (Wildman–Crippen MR) is 49.8 cm³/mol. The third-order valence-corrected chi connectivity index (χ3v) is 1.58. The fourth-order valence-electron chi connectivity index (χ4n) is 0.954. The molecule has 0 amide bonds. The van der Waals surface area contributed by atoms with Gasteiger partial charge in [-0.05, 0) is 0 Å². The van der Waals surface area contributed by atoms with Crippen LogP contribution in [0.2, 0.25) is 0 Å². The number of hydrogen-bond acceptors (Lipinski definition) is 4. The highest BCUT2D eigenvalue weighted by Gasteiger charge is 2.15. The summed E-state index contributed by atoms with van der Waals surface area (Å²) in [4.78, 5) is 0. The van der Waals surface area contributed by atoms with Crippen molar-refractivity contribution < 1.29 is 12.9 Å². The molecule has 8 heteroatoms. The molecule has 2 rings (SSSR count). The molecule has 0 aliphatic carbocycles. The van der Waals surface area contributed by atoms with Crippen LogP contribution < -0.4 is 10.6 Å². The van der Waals surface area contributed by atoms with Crippen molar-refractivity contribution in [3.05, 3.63) is 11.8 Å². The number of aromatic nitrogens is 2. The standard InChI is InChI=1S/C7H7F2N6/c1-15-5(2-4(14-15)6(8)9)12-7-10-3-11-13-7/h2-3,6H,1H3,(H,12,13)/i1D3. The summed E-state index contributed by atoms with van der Waals surface area (Å²) in [7, 11) is 0. The van der Waals surface area contributed by atoms with Gasteiger partial charge in [0.05, 0.1) is 0 Å². The quantitative estimate of drug-likeness (QED) is 0.790. The van der Waals surface area contributed by atoms with E-state index in [1.807, 2.05) is 0 Å². The molecule has 1 aromatic heterocycles. The number of hydrogen-bond donors (Lipinski definition) is 1. The number of nitrogens with one attached hydrogen (secondary N) is 1. The van der Waals surface area contributed by atoms with Crippen LogP contribution in [0.15, 0.2) is 16.3 Å². The number of guanidine groups is 1. The van der Waals surface area contributed by atoms with Crippen molar-refractivity contribution in [1.29, 1.82) is 0 Å². The minimum Gasteiger partial charge on any atom is -0.308 e. The first-order valence-corrected chi connectivity index (χ1v) is 3.84. The van der Waals surface area contributed by atoms with Crippen molar-refractivity contribution in [2.24, 2.45) is 17.2 Å². The van der Waals surface area contributed by atoms with E-state index in [9.17, 15) is 8.78 Å². The lowest BCUT2D eigenvalue weighted by Gasteiger charge is -2.02. The fourth-order valence-corrected chi connectivity index (χ4v) is 0.954. The highest BCUT2D eigenvalue weighted by Crippen LogP contribution is 2.20. The summed E-state index contributed by atoms with van der Waals surface area (Å²) in [6.45, 7) is -2.69. The summed E-state index contributed by atoms with van der Waals surface area (Å²) in [5.74, 6) is -0.153. The summed E-state index contributed by atoms with van der Waals surface area (Å²) < 4.78 is 47.0. The van der Waals surface area contributed by atoms with E-state index >= 15 is 0 Å². The fraction of sp³-hybridized carbons (Fsp3) is 0.286. The average Bonchev–Trinajstić information content (AvgIpc) is 2.85. The third kappa shape index (κ3) is 1.92. The van der Waals surface area contributed by atoms with Crippen molar-refractivity contribution >= 4 is 18.1 Å². The summed E-state index contributed by atoms with van der Waals surface area (Å²) in [5.41, 5.74) is -0.645. The molecule has 1 radical (unpaired) electrons. The topological polar surface area (TPSA) is 68.7 Å². The molecule has 0 spiro atoms. The lowest BCUT2D eigenvalue weighted by molar-refractivity contribution is 0.145. The summed E-state index contributed by atoms with van der Waals surface area (Å²) >= 11 is 0. The zero-order chi connectivity index (χ0) is 13.3. The van der Waals surface area contributed by atoms with E-state index in [4.69, 9.17) is 4.11 Å². The van der Waals surface area contributed by atoms with Crippen LogP contribution in [0.25, 0.3) is 0 Å². The highest BCUT2D eigenvalue weighted by molar-refractivity contribution is 6.01. The van der Waals surface area contributed by atoms with Crippen molar-refractivity contribution in [3.63, 3.8) is 0 Å². The van der Waals surface area contributed by atoms with Gasteiger partial charge in [-0.3, -0.25) is 4.68 Å². The Balaban J connectivity index is 2.32. The van der Waals surface area contributed by atoms with E-state index in [0.717, 1.165) is 12.4 Å². The number of rotatable bonds is 2. The Kier molecular flexibility index (Phi) is 1.57. The summed E-state index contributed by atoms with van der Waals surface area (Å²) in [5, 5.41) is 16.3. The van der Waals surface area contributed by atoms with Gasteiger partial charge in [0.2, 0.25) is 5.96 Å². The van der Waals surface area contributed by atoms with Crippen LogP contribution in [0.3, 0.4) is 0 Å². The average molecular weight is 216 g/mol. The molecule has 2 heterocycles. The maximum absolute atomic E-state index is 12.5. The Bertz CT molecular complexity index is 506. The van der Waals surface area contributed by atoms with E-state index in [1.54, 1.807) is 0 Å². The Morgan fingerprint density at radius 3 is 3.07 bits per heavy atom. The van der Waals surface area contributed by atoms with Crippen LogP contribution in [0, 0.1) is 0 Å². The van der Waals surface area contributed by atoms with Gasteiger partial charge in [0, 0.05) is 17.2 Å². The van der Waals surface area contributed by atoms with Crippen LogP contribution in [0.1, 0.15) is 16.2 Å². The molecule has 1 N–H and O–H groups in total. The molecule has 1 aliphatic heterocycles. The van der Waals surface area contributed by atoms with E-state index in [1.165, 1.54) is 0 Å². The number of nitrogens with zero attached hydrogens (tertiary/aromatic N) is 5. The van der Waals surface area contributed by atoms with Crippen LogP contribution in [0.5, 0.6) is 0 Å². The minimum atomic E-state index is -2.87. The second kappa shape index (κ2) is 3.64. The van der Waals surface area contributed by atoms with Gasteiger partial charge < -0.3 is 5.32 Å². The van der Waals surface area contributed by atoms with Crippen LogP contribution in [0.4, 0.5) is 14.6 Å². The van der Waals surface area contributed by atoms with Gasteiger partial charge in [0.1, 0.15) is 17.9 Å². The number of aryl methyl sites for hydroxylation is 1. The van der Waals surface area contributed by atoms with E-state index in [2.05, 4.69) is 25.9 Å². The molecular weight excluding hydrogens is 206 g/mol. The van der Waals surface area contributed by atoms with Crippen LogP contribution >= 0.6 is 0 Å². The van der Waals surface area contributed by atoms with Gasteiger partial charge >= 0.3 is 0 Å². The van der Waals surface area contributed by atoms with Crippen LogP contribution in [-0.4, -0.2) is 22.1 Å². The molecule has 6 nitrogen and oxygen atoms in total. The Hall–Kier alpha value is -1.99. The Morgan fingerprint density at radius 2 is 2.47 bits per heavy atom. The van der Waals surface area contributed by atoms with E-state index < -0.39 is 19.1 Å². The zero-order valence-corrected chi connectivity index (χ0v) is 7.22. The van der Waals surface area contributed by atoms with Gasteiger partial charge in [-0.2, -0.15) is 10.4 Å². The molecule has 15 heavy (non-hydrogen) atoms. The molecule has 0 aromatic carbocycles. The molecular formula is C7H7F2N6. The van der Waals surface area contributed by atoms with Gasteiger partial charge in [0.15, 0.2) is 0 Å². The van der Waals surface area contributed by atoms with Crippen molar-refractivity contribution in [1.82, 2.24) is 15.1 Å². The Labute approximate surface area is 87.9 Å². The largest absolute Gasteiger partial charge is 0.308 e. The lowest BCUT2D eigenvalue weighted by Crippen LogP contribution is -2.21. The highest BCUT2D eigenvalue weighted by atomic mass is 19.3.